The van der Waals surface area contributed by atoms with Gasteiger partial charge in [-0.1, -0.05) is 158 Å². The van der Waals surface area contributed by atoms with E-state index in [1.807, 2.05) is 0 Å². The summed E-state index contributed by atoms with van der Waals surface area (Å²) in [5.74, 6) is 1.32. The minimum Gasteiger partial charge on any atom is -0.481 e. The third kappa shape index (κ3) is 4.44. The molecule has 2 unspecified atom stereocenters. The molecule has 1 aliphatic heterocycles. The van der Waals surface area contributed by atoms with Crippen LogP contribution in [0.25, 0.3) is 110 Å². The van der Waals surface area contributed by atoms with Crippen LogP contribution in [0.2, 0.25) is 0 Å². The van der Waals surface area contributed by atoms with E-state index in [9.17, 15) is 0 Å². The average Bonchev–Trinajstić information content (AvgIpc) is 3.99. The van der Waals surface area contributed by atoms with Gasteiger partial charge in [0.2, 0.25) is 5.95 Å². The van der Waals surface area contributed by atoms with Gasteiger partial charge in [0.1, 0.15) is 11.8 Å². The van der Waals surface area contributed by atoms with Crippen molar-refractivity contribution in [2.45, 2.75) is 12.0 Å². The zero-order valence-corrected chi connectivity index (χ0v) is 32.8. The first kappa shape index (κ1) is 32.9. The van der Waals surface area contributed by atoms with Crippen LogP contribution in [-0.2, 0) is 0 Å². The lowest BCUT2D eigenvalue weighted by molar-refractivity contribution is 0.269. The first-order valence-electron chi connectivity index (χ1n) is 21.0. The van der Waals surface area contributed by atoms with Gasteiger partial charge in [-0.05, 0) is 68.7 Å². The van der Waals surface area contributed by atoms with Crippen molar-refractivity contribution in [3.63, 3.8) is 0 Å². The number of hydrogen-bond acceptors (Lipinski definition) is 3. The Labute approximate surface area is 349 Å². The summed E-state index contributed by atoms with van der Waals surface area (Å²) < 4.78 is 11.6. The molecule has 12 aromatic rings. The summed E-state index contributed by atoms with van der Waals surface area (Å²) in [4.78, 5) is 11.3. The van der Waals surface area contributed by atoms with Crippen molar-refractivity contribution in [2.24, 2.45) is 0 Å². The number of ether oxygens (including phenoxy) is 1. The second-order valence-electron chi connectivity index (χ2n) is 16.3. The van der Waals surface area contributed by atoms with E-state index in [4.69, 9.17) is 14.7 Å². The SMILES string of the molecule is C1=CC2Oc3c(-c4cccc5c4c4ccccc4n5-c4ccccc4)nc(-n4c5ccc6c7ccccc7c7ccccc7c6c5c5ccc6ccccc6c54)nc3C2C=C1. The predicted molar refractivity (Wildman–Crippen MR) is 252 cm³/mol. The Morgan fingerprint density at radius 3 is 1.90 bits per heavy atom. The Hall–Kier alpha value is -8.02. The molecule has 284 valence electrons. The highest BCUT2D eigenvalue weighted by Crippen LogP contribution is 2.50. The van der Waals surface area contributed by atoms with E-state index >= 15 is 0 Å². The third-order valence-corrected chi connectivity index (χ3v) is 13.2. The van der Waals surface area contributed by atoms with Crippen LogP contribution in [-0.4, -0.2) is 25.2 Å². The Kier molecular flexibility index (Phi) is 6.61. The number of rotatable bonds is 3. The van der Waals surface area contributed by atoms with Crippen molar-refractivity contribution < 1.29 is 4.74 Å². The minimum absolute atomic E-state index is 0.0497. The van der Waals surface area contributed by atoms with Gasteiger partial charge in [0, 0.05) is 43.6 Å². The molecule has 3 aromatic heterocycles. The number of para-hydroxylation sites is 2. The van der Waals surface area contributed by atoms with Crippen molar-refractivity contribution in [1.82, 2.24) is 19.1 Å². The number of hydrogen-bond donors (Lipinski definition) is 0. The van der Waals surface area contributed by atoms with Gasteiger partial charge in [-0.15, -0.1) is 0 Å². The van der Waals surface area contributed by atoms with Crippen molar-refractivity contribution in [3.8, 4) is 28.6 Å². The molecule has 61 heavy (non-hydrogen) atoms. The Bertz CT molecular complexity index is 3890. The summed E-state index contributed by atoms with van der Waals surface area (Å²) in [6.07, 6.45) is 8.40. The van der Waals surface area contributed by atoms with Gasteiger partial charge in [0.15, 0.2) is 5.75 Å². The minimum atomic E-state index is -0.171. The van der Waals surface area contributed by atoms with Crippen molar-refractivity contribution in [1.29, 1.82) is 0 Å². The lowest BCUT2D eigenvalue weighted by Crippen LogP contribution is -2.16. The molecule has 0 amide bonds. The van der Waals surface area contributed by atoms with E-state index in [0.29, 0.717) is 5.95 Å². The Morgan fingerprint density at radius 1 is 0.426 bits per heavy atom. The number of benzene rings is 9. The van der Waals surface area contributed by atoms with Crippen LogP contribution in [0.15, 0.2) is 194 Å². The zero-order valence-electron chi connectivity index (χ0n) is 32.8. The van der Waals surface area contributed by atoms with Crippen LogP contribution in [0.5, 0.6) is 5.75 Å². The molecule has 0 saturated heterocycles. The molecule has 4 heterocycles. The van der Waals surface area contributed by atoms with Gasteiger partial charge in [-0.2, -0.15) is 0 Å². The number of fused-ring (bicyclic) bond motifs is 18. The second kappa shape index (κ2) is 12.3. The fraction of sp³-hybridized carbons (Fsp3) is 0.0357. The molecule has 0 spiro atoms. The molecular weight excluding hydrogens is 745 g/mol. The summed E-state index contributed by atoms with van der Waals surface area (Å²) in [6.45, 7) is 0. The van der Waals surface area contributed by atoms with Crippen molar-refractivity contribution in [3.05, 3.63) is 200 Å². The van der Waals surface area contributed by atoms with Crippen LogP contribution < -0.4 is 4.74 Å². The first-order valence-corrected chi connectivity index (χ1v) is 21.0. The summed E-state index contributed by atoms with van der Waals surface area (Å²) in [5.41, 5.74) is 8.25. The molecule has 5 nitrogen and oxygen atoms in total. The van der Waals surface area contributed by atoms with Crippen LogP contribution in [0, 0.1) is 0 Å². The van der Waals surface area contributed by atoms with Crippen molar-refractivity contribution >= 4 is 86.7 Å². The van der Waals surface area contributed by atoms with Crippen LogP contribution in [0.3, 0.4) is 0 Å². The molecule has 0 saturated carbocycles. The van der Waals surface area contributed by atoms with Gasteiger partial charge in [-0.3, -0.25) is 4.57 Å². The molecule has 2 aliphatic rings. The van der Waals surface area contributed by atoms with Crippen molar-refractivity contribution in [2.75, 3.05) is 0 Å². The quantitative estimate of drug-likeness (QED) is 0.168. The highest BCUT2D eigenvalue weighted by Gasteiger charge is 2.38. The maximum Gasteiger partial charge on any atom is 0.235 e. The lowest BCUT2D eigenvalue weighted by Gasteiger charge is -2.15. The summed E-state index contributed by atoms with van der Waals surface area (Å²) >= 11 is 0. The van der Waals surface area contributed by atoms with Gasteiger partial charge < -0.3 is 9.30 Å². The van der Waals surface area contributed by atoms with Gasteiger partial charge in [0.05, 0.1) is 33.7 Å². The topological polar surface area (TPSA) is 44.9 Å². The van der Waals surface area contributed by atoms with E-state index in [1.54, 1.807) is 0 Å². The Balaban J connectivity index is 1.15. The van der Waals surface area contributed by atoms with Crippen LogP contribution in [0.4, 0.5) is 0 Å². The number of aromatic nitrogens is 4. The second-order valence-corrected chi connectivity index (χ2v) is 16.3. The maximum atomic E-state index is 6.93. The summed E-state index contributed by atoms with van der Waals surface area (Å²) in [5, 5.41) is 14.5. The standard InChI is InChI=1S/C56H34N4O/c1-2-16-34(17-3-1)59-45-26-12-10-23-41(45)49-43(25-14-27-46(49)59)53-55-52(42-24-11-13-28-48(42)61-55)57-56(58-53)60-47-32-31-40-38-21-7-6-19-36(38)37-20-8-9-22-39(37)50(40)51(47)44-30-29-33-15-4-5-18-35(33)54(44)60/h1-32,42,48H. The summed E-state index contributed by atoms with van der Waals surface area (Å²) in [6, 6.07) is 61.4. The van der Waals surface area contributed by atoms with Crippen LogP contribution in [0.1, 0.15) is 11.6 Å². The molecule has 0 radical (unpaired) electrons. The molecular formula is C56H34N4O. The third-order valence-electron chi connectivity index (χ3n) is 13.2. The molecule has 14 rings (SSSR count). The van der Waals surface area contributed by atoms with Crippen LogP contribution >= 0.6 is 0 Å². The molecule has 0 bridgehead atoms. The largest absolute Gasteiger partial charge is 0.481 e. The lowest BCUT2D eigenvalue weighted by atomic mass is 9.91. The number of nitrogens with zero attached hydrogens (tertiary/aromatic N) is 4. The number of allylic oxidation sites excluding steroid dienone is 2. The highest BCUT2D eigenvalue weighted by atomic mass is 16.5. The molecule has 9 aromatic carbocycles. The Morgan fingerprint density at radius 2 is 1.07 bits per heavy atom. The fourth-order valence-corrected chi connectivity index (χ4v) is 10.7. The van der Waals surface area contributed by atoms with E-state index in [-0.39, 0.29) is 12.0 Å². The maximum absolute atomic E-state index is 6.93. The monoisotopic (exact) mass is 778 g/mol. The molecule has 0 fully saturated rings. The molecule has 0 N–H and O–H groups in total. The average molecular weight is 779 g/mol. The fourth-order valence-electron chi connectivity index (χ4n) is 10.7. The molecule has 5 heteroatoms. The van der Waals surface area contributed by atoms with E-state index in [1.165, 1.54) is 48.5 Å². The van der Waals surface area contributed by atoms with Gasteiger partial charge in [0.25, 0.3) is 0 Å². The van der Waals surface area contributed by atoms with E-state index in [0.717, 1.165) is 66.6 Å². The molecule has 1 aliphatic carbocycles. The highest BCUT2D eigenvalue weighted by molar-refractivity contribution is 6.36. The summed E-state index contributed by atoms with van der Waals surface area (Å²) in [7, 11) is 0. The van der Waals surface area contributed by atoms with Gasteiger partial charge in [-0.25, -0.2) is 9.97 Å². The predicted octanol–water partition coefficient (Wildman–Crippen LogP) is 13.9. The van der Waals surface area contributed by atoms with E-state index in [2.05, 4.69) is 203 Å². The smallest absolute Gasteiger partial charge is 0.235 e. The zero-order chi connectivity index (χ0) is 39.8. The normalized spacial score (nSPS) is 15.9. The van der Waals surface area contributed by atoms with E-state index < -0.39 is 0 Å². The van der Waals surface area contributed by atoms with Gasteiger partial charge >= 0.3 is 0 Å². The molecule has 2 atom stereocenters. The first-order chi connectivity index (χ1) is 30.3.